The molecule has 1 saturated carbocycles. The molecule has 2 fully saturated rings. The zero-order chi connectivity index (χ0) is 29.9. The third-order valence-electron chi connectivity index (χ3n) is 7.39. The van der Waals surface area contributed by atoms with E-state index in [-0.39, 0.29) is 47.9 Å². The van der Waals surface area contributed by atoms with Gasteiger partial charge in [0.2, 0.25) is 11.8 Å². The average Bonchev–Trinajstić information content (AvgIpc) is 3.49. The van der Waals surface area contributed by atoms with Gasteiger partial charge in [-0.25, -0.2) is 13.4 Å². The molecule has 3 aromatic rings. The van der Waals surface area contributed by atoms with Gasteiger partial charge in [0, 0.05) is 38.9 Å². The summed E-state index contributed by atoms with van der Waals surface area (Å²) in [5.74, 6) is -1.56. The number of amides is 3. The van der Waals surface area contributed by atoms with Gasteiger partial charge in [0.15, 0.2) is 15.1 Å². The summed E-state index contributed by atoms with van der Waals surface area (Å²) < 4.78 is 37.5. The van der Waals surface area contributed by atoms with Crippen LogP contribution < -0.4 is 10.6 Å². The number of rotatable bonds is 12. The summed E-state index contributed by atoms with van der Waals surface area (Å²) in [7, 11) is -0.954. The standard InChI is InChI=1S/C29H34N4O7S2/c1-39-13-14-42(37,38)26(27(35)30-16-25(34)31-21-8-9-21)28-32-23-10-7-20(15-24(23)41-28)18-3-5-19(6-4-18)29(36)33-12-11-22(17-33)40-2/h3-7,10,15,21-22,26H,8-9,11-14,16-17H2,1-2H3,(H,30,35)(H,31,34)/t22-,26?/m0/s1. The number of hydrogen-bond acceptors (Lipinski definition) is 9. The molecule has 0 radical (unpaired) electrons. The van der Waals surface area contributed by atoms with Crippen molar-refractivity contribution in [1.82, 2.24) is 20.5 Å². The second-order valence-corrected chi connectivity index (χ2v) is 13.8. The summed E-state index contributed by atoms with van der Waals surface area (Å²) >= 11 is 1.12. The molecule has 0 spiro atoms. The second kappa shape index (κ2) is 12.9. The molecule has 2 atom stereocenters. The predicted molar refractivity (Wildman–Crippen MR) is 159 cm³/mol. The number of benzene rings is 2. The van der Waals surface area contributed by atoms with Crippen LogP contribution in [0, 0.1) is 0 Å². The SMILES string of the molecule is COCCS(=O)(=O)C(C(=O)NCC(=O)NC1CC1)c1nc2ccc(-c3ccc(C(=O)N4CC[C@H](OC)C4)cc3)cc2s1. The summed E-state index contributed by atoms with van der Waals surface area (Å²) in [6.45, 7) is 0.850. The number of aromatic nitrogens is 1. The lowest BCUT2D eigenvalue weighted by atomic mass is 10.0. The number of fused-ring (bicyclic) bond motifs is 1. The van der Waals surface area contributed by atoms with Crippen molar-refractivity contribution < 1.29 is 32.3 Å². The highest BCUT2D eigenvalue weighted by molar-refractivity contribution is 7.92. The van der Waals surface area contributed by atoms with Crippen LogP contribution in [0.4, 0.5) is 0 Å². The normalized spacial score (nSPS) is 17.8. The van der Waals surface area contributed by atoms with E-state index in [1.807, 2.05) is 24.3 Å². The van der Waals surface area contributed by atoms with Crippen LogP contribution in [0.3, 0.4) is 0 Å². The molecule has 2 N–H and O–H groups in total. The van der Waals surface area contributed by atoms with Crippen molar-refractivity contribution in [3.05, 3.63) is 53.0 Å². The highest BCUT2D eigenvalue weighted by Crippen LogP contribution is 2.34. The van der Waals surface area contributed by atoms with Crippen LogP contribution in [0.2, 0.25) is 0 Å². The van der Waals surface area contributed by atoms with Gasteiger partial charge >= 0.3 is 0 Å². The minimum Gasteiger partial charge on any atom is -0.384 e. The molecule has 11 nitrogen and oxygen atoms in total. The van der Waals surface area contributed by atoms with Crippen molar-refractivity contribution in [2.75, 3.05) is 46.2 Å². The van der Waals surface area contributed by atoms with Crippen molar-refractivity contribution in [2.24, 2.45) is 0 Å². The zero-order valence-electron chi connectivity index (χ0n) is 23.5. The smallest absolute Gasteiger partial charge is 0.253 e. The van der Waals surface area contributed by atoms with Crippen molar-refractivity contribution in [2.45, 2.75) is 36.7 Å². The van der Waals surface area contributed by atoms with Crippen LogP contribution >= 0.6 is 11.3 Å². The van der Waals surface area contributed by atoms with Crippen molar-refractivity contribution in [3.63, 3.8) is 0 Å². The Kier molecular flexibility index (Phi) is 9.21. The fourth-order valence-electron chi connectivity index (χ4n) is 4.84. The van der Waals surface area contributed by atoms with E-state index in [0.29, 0.717) is 28.9 Å². The Labute approximate surface area is 248 Å². The van der Waals surface area contributed by atoms with Crippen molar-refractivity contribution in [3.8, 4) is 11.1 Å². The molecule has 42 heavy (non-hydrogen) atoms. The molecule has 1 aliphatic carbocycles. The first kappa shape index (κ1) is 30.1. The Morgan fingerprint density at radius 3 is 2.48 bits per heavy atom. The van der Waals surface area contributed by atoms with Crippen molar-refractivity contribution >= 4 is 49.1 Å². The van der Waals surface area contributed by atoms with Crippen LogP contribution in [0.1, 0.15) is 39.9 Å². The lowest BCUT2D eigenvalue weighted by molar-refractivity contribution is -0.126. The van der Waals surface area contributed by atoms with Crippen LogP contribution in [-0.2, 0) is 28.9 Å². The number of carbonyl (C=O) groups is 3. The van der Waals surface area contributed by atoms with E-state index in [1.54, 1.807) is 30.2 Å². The highest BCUT2D eigenvalue weighted by Gasteiger charge is 2.37. The summed E-state index contributed by atoms with van der Waals surface area (Å²) in [6, 6.07) is 13.0. The lowest BCUT2D eigenvalue weighted by Crippen LogP contribution is -2.41. The quantitative estimate of drug-likeness (QED) is 0.316. The van der Waals surface area contributed by atoms with Gasteiger partial charge in [0.25, 0.3) is 5.91 Å². The largest absolute Gasteiger partial charge is 0.384 e. The van der Waals surface area contributed by atoms with E-state index in [9.17, 15) is 22.8 Å². The monoisotopic (exact) mass is 614 g/mol. The van der Waals surface area contributed by atoms with Crippen LogP contribution in [0.15, 0.2) is 42.5 Å². The maximum absolute atomic E-state index is 13.2. The molecule has 1 unspecified atom stereocenters. The summed E-state index contributed by atoms with van der Waals surface area (Å²) in [6.07, 6.45) is 2.69. The maximum atomic E-state index is 13.2. The molecule has 2 aromatic carbocycles. The third kappa shape index (κ3) is 6.97. The van der Waals surface area contributed by atoms with E-state index in [4.69, 9.17) is 9.47 Å². The van der Waals surface area contributed by atoms with Gasteiger partial charge in [0.1, 0.15) is 5.01 Å². The van der Waals surface area contributed by atoms with Crippen LogP contribution in [0.5, 0.6) is 0 Å². The first-order valence-electron chi connectivity index (χ1n) is 13.8. The fraction of sp³-hybridized carbons (Fsp3) is 0.448. The van der Waals surface area contributed by atoms with Gasteiger partial charge in [-0.3, -0.25) is 14.4 Å². The Balaban J connectivity index is 1.35. The summed E-state index contributed by atoms with van der Waals surface area (Å²) in [5, 5.41) is 3.80. The molecule has 3 amide bonds. The molecular weight excluding hydrogens is 580 g/mol. The highest BCUT2D eigenvalue weighted by atomic mass is 32.2. The maximum Gasteiger partial charge on any atom is 0.253 e. The summed E-state index contributed by atoms with van der Waals surface area (Å²) in [5.41, 5.74) is 2.89. The number of likely N-dealkylation sites (tertiary alicyclic amines) is 1. The van der Waals surface area contributed by atoms with E-state index < -0.39 is 21.0 Å². The fourth-order valence-corrected chi connectivity index (χ4v) is 7.82. The topological polar surface area (TPSA) is 144 Å². The van der Waals surface area contributed by atoms with Gasteiger partial charge in [-0.15, -0.1) is 11.3 Å². The average molecular weight is 615 g/mol. The number of carbonyl (C=O) groups excluding carboxylic acids is 3. The Morgan fingerprint density at radius 1 is 1.07 bits per heavy atom. The lowest BCUT2D eigenvalue weighted by Gasteiger charge is -2.16. The molecule has 5 rings (SSSR count). The zero-order valence-corrected chi connectivity index (χ0v) is 25.1. The first-order valence-corrected chi connectivity index (χ1v) is 16.3. The van der Waals surface area contributed by atoms with Gasteiger partial charge in [0.05, 0.1) is 35.2 Å². The van der Waals surface area contributed by atoms with Crippen LogP contribution in [0.25, 0.3) is 21.3 Å². The van der Waals surface area contributed by atoms with Gasteiger partial charge in [-0.1, -0.05) is 18.2 Å². The minimum atomic E-state index is -4.00. The number of ether oxygens (including phenoxy) is 2. The van der Waals surface area contributed by atoms with Gasteiger partial charge < -0.3 is 25.0 Å². The van der Waals surface area contributed by atoms with Gasteiger partial charge in [-0.05, 0) is 54.7 Å². The van der Waals surface area contributed by atoms with Crippen molar-refractivity contribution in [1.29, 1.82) is 0 Å². The molecule has 2 aliphatic rings. The molecule has 2 heterocycles. The number of nitrogens with zero attached hydrogens (tertiary/aromatic N) is 2. The molecule has 0 bridgehead atoms. The molecule has 1 aliphatic heterocycles. The number of hydrogen-bond donors (Lipinski definition) is 2. The van der Waals surface area contributed by atoms with E-state index >= 15 is 0 Å². The number of sulfone groups is 1. The second-order valence-electron chi connectivity index (χ2n) is 10.5. The van der Waals surface area contributed by atoms with E-state index in [1.165, 1.54) is 7.11 Å². The third-order valence-corrected chi connectivity index (χ3v) is 10.5. The van der Waals surface area contributed by atoms with Crippen LogP contribution in [-0.4, -0.2) is 94.4 Å². The van der Waals surface area contributed by atoms with E-state index in [0.717, 1.165) is 41.7 Å². The number of methoxy groups -OCH3 is 2. The Morgan fingerprint density at radius 2 is 1.81 bits per heavy atom. The molecule has 1 aromatic heterocycles. The number of nitrogens with one attached hydrogen (secondary N) is 2. The molecule has 13 heteroatoms. The minimum absolute atomic E-state index is 0.0346. The predicted octanol–water partition coefficient (Wildman–Crippen LogP) is 2.32. The summed E-state index contributed by atoms with van der Waals surface area (Å²) in [4.78, 5) is 44.4. The first-order chi connectivity index (χ1) is 20.2. The van der Waals surface area contributed by atoms with E-state index in [2.05, 4.69) is 15.6 Å². The molecule has 224 valence electrons. The Bertz CT molecular complexity index is 1570. The Hall–Kier alpha value is -3.39. The van der Waals surface area contributed by atoms with Gasteiger partial charge in [-0.2, -0.15) is 0 Å². The molecular formula is C29H34N4O7S2. The number of thiazole rings is 1. The molecule has 1 saturated heterocycles.